The third kappa shape index (κ3) is 3.39. The Bertz CT molecular complexity index is 833. The second-order valence-electron chi connectivity index (χ2n) is 4.40. The molecule has 0 fully saturated rings. The van der Waals surface area contributed by atoms with Crippen LogP contribution >= 0.6 is 11.8 Å². The lowest BCUT2D eigenvalue weighted by atomic mass is 10.3. The minimum atomic E-state index is -0.536. The molecule has 0 saturated carbocycles. The van der Waals surface area contributed by atoms with Crippen molar-refractivity contribution in [2.45, 2.75) is 10.9 Å². The van der Waals surface area contributed by atoms with Crippen molar-refractivity contribution in [1.29, 1.82) is 0 Å². The number of rotatable bonds is 5. The average molecular weight is 334 g/mol. The number of carbonyl (C=O) groups is 1. The Kier molecular flexibility index (Phi) is 4.38. The van der Waals surface area contributed by atoms with Crippen molar-refractivity contribution in [2.24, 2.45) is 0 Å². The van der Waals surface area contributed by atoms with Crippen LogP contribution in [0.25, 0.3) is 5.69 Å². The van der Waals surface area contributed by atoms with Crippen LogP contribution in [0.3, 0.4) is 0 Å². The number of methoxy groups -OCH3 is 1. The third-order valence-electron chi connectivity index (χ3n) is 2.89. The molecular formula is C14H11FN4O3S. The Hall–Kier alpha value is -2.68. The van der Waals surface area contributed by atoms with Crippen LogP contribution in [-0.4, -0.2) is 33.3 Å². The first-order valence-electron chi connectivity index (χ1n) is 6.51. The molecule has 0 N–H and O–H groups in total. The molecule has 9 heteroatoms. The molecule has 23 heavy (non-hydrogen) atoms. The van der Waals surface area contributed by atoms with Gasteiger partial charge in [-0.05, 0) is 40.8 Å². The van der Waals surface area contributed by atoms with E-state index >= 15 is 0 Å². The molecule has 118 valence electrons. The molecule has 0 unspecified atom stereocenters. The minimum Gasteiger partial charge on any atom is -0.463 e. The van der Waals surface area contributed by atoms with Gasteiger partial charge >= 0.3 is 5.97 Å². The molecule has 3 aromatic rings. The molecule has 2 aromatic heterocycles. The van der Waals surface area contributed by atoms with Crippen LogP contribution in [0.2, 0.25) is 0 Å². The zero-order chi connectivity index (χ0) is 16.2. The maximum Gasteiger partial charge on any atom is 0.373 e. The molecule has 0 aliphatic heterocycles. The largest absolute Gasteiger partial charge is 0.463 e. The van der Waals surface area contributed by atoms with Crippen molar-refractivity contribution in [1.82, 2.24) is 20.2 Å². The Labute approximate surface area is 134 Å². The number of aromatic nitrogens is 4. The van der Waals surface area contributed by atoms with Gasteiger partial charge in [0.1, 0.15) is 11.6 Å². The molecule has 2 heterocycles. The van der Waals surface area contributed by atoms with E-state index in [4.69, 9.17) is 4.42 Å². The summed E-state index contributed by atoms with van der Waals surface area (Å²) in [5.74, 6) is 0.206. The highest BCUT2D eigenvalue weighted by Gasteiger charge is 2.14. The smallest absolute Gasteiger partial charge is 0.373 e. The van der Waals surface area contributed by atoms with Gasteiger partial charge < -0.3 is 9.15 Å². The highest BCUT2D eigenvalue weighted by molar-refractivity contribution is 7.98. The molecule has 1 aromatic carbocycles. The lowest BCUT2D eigenvalue weighted by Gasteiger charge is -2.03. The number of benzene rings is 1. The Morgan fingerprint density at radius 1 is 1.39 bits per heavy atom. The summed E-state index contributed by atoms with van der Waals surface area (Å²) in [6, 6.07) is 9.18. The highest BCUT2D eigenvalue weighted by Crippen LogP contribution is 2.24. The van der Waals surface area contributed by atoms with Gasteiger partial charge in [-0.2, -0.15) is 4.68 Å². The maximum atomic E-state index is 13.3. The normalized spacial score (nSPS) is 10.7. The molecule has 0 amide bonds. The summed E-state index contributed by atoms with van der Waals surface area (Å²) in [6.45, 7) is 0. The number of esters is 1. The van der Waals surface area contributed by atoms with Crippen molar-refractivity contribution in [3.05, 3.63) is 53.7 Å². The molecule has 3 rings (SSSR count). The Morgan fingerprint density at radius 2 is 2.26 bits per heavy atom. The van der Waals surface area contributed by atoms with Gasteiger partial charge in [0.15, 0.2) is 0 Å². The van der Waals surface area contributed by atoms with Gasteiger partial charge in [0, 0.05) is 0 Å². The van der Waals surface area contributed by atoms with E-state index in [0.717, 1.165) is 0 Å². The van der Waals surface area contributed by atoms with Crippen molar-refractivity contribution in [2.75, 3.05) is 7.11 Å². The molecule has 7 nitrogen and oxygen atoms in total. The second-order valence-corrected chi connectivity index (χ2v) is 5.34. The molecule has 0 aliphatic rings. The summed E-state index contributed by atoms with van der Waals surface area (Å²) in [5, 5.41) is 11.8. The second kappa shape index (κ2) is 6.61. The molecule has 0 atom stereocenters. The fraction of sp³-hybridized carbons (Fsp3) is 0.143. The van der Waals surface area contributed by atoms with Crippen LogP contribution in [0.4, 0.5) is 4.39 Å². The Balaban J connectivity index is 1.73. The van der Waals surface area contributed by atoms with Crippen molar-refractivity contribution in [3.8, 4) is 5.69 Å². The van der Waals surface area contributed by atoms with E-state index in [1.807, 2.05) is 0 Å². The lowest BCUT2D eigenvalue weighted by molar-refractivity contribution is 0.0563. The SMILES string of the molecule is COC(=O)c1ccc(CSc2nnnn2-c2cccc(F)c2)o1. The molecule has 0 bridgehead atoms. The van der Waals surface area contributed by atoms with E-state index in [1.165, 1.54) is 41.8 Å². The predicted octanol–water partition coefficient (Wildman–Crippen LogP) is 2.47. The zero-order valence-electron chi connectivity index (χ0n) is 12.0. The number of hydrogen-bond donors (Lipinski definition) is 0. The summed E-state index contributed by atoms with van der Waals surface area (Å²) in [5.41, 5.74) is 0.521. The maximum absolute atomic E-state index is 13.3. The summed E-state index contributed by atoms with van der Waals surface area (Å²) >= 11 is 1.30. The van der Waals surface area contributed by atoms with Gasteiger partial charge in [0.05, 0.1) is 18.6 Å². The summed E-state index contributed by atoms with van der Waals surface area (Å²) in [6.07, 6.45) is 0. The lowest BCUT2D eigenvalue weighted by Crippen LogP contribution is -1.99. The quantitative estimate of drug-likeness (QED) is 0.523. The predicted molar refractivity (Wildman–Crippen MR) is 78.7 cm³/mol. The number of ether oxygens (including phenoxy) is 1. The van der Waals surface area contributed by atoms with Crippen molar-refractivity contribution >= 4 is 17.7 Å². The number of thioether (sulfide) groups is 1. The van der Waals surface area contributed by atoms with Crippen molar-refractivity contribution < 1.29 is 18.3 Å². The van der Waals surface area contributed by atoms with Gasteiger partial charge in [-0.1, -0.05) is 17.8 Å². The Morgan fingerprint density at radius 3 is 3.04 bits per heavy atom. The molecule has 0 spiro atoms. The molecule has 0 radical (unpaired) electrons. The van der Waals surface area contributed by atoms with E-state index in [2.05, 4.69) is 20.3 Å². The van der Waals surface area contributed by atoms with E-state index in [1.54, 1.807) is 18.2 Å². The fourth-order valence-electron chi connectivity index (χ4n) is 1.84. The summed E-state index contributed by atoms with van der Waals surface area (Å²) < 4.78 is 24.7. The zero-order valence-corrected chi connectivity index (χ0v) is 12.8. The van der Waals surface area contributed by atoms with E-state index in [9.17, 15) is 9.18 Å². The van der Waals surface area contributed by atoms with Gasteiger partial charge in [-0.15, -0.1) is 5.10 Å². The van der Waals surface area contributed by atoms with E-state index < -0.39 is 5.97 Å². The topological polar surface area (TPSA) is 83.0 Å². The molecular weight excluding hydrogens is 323 g/mol. The van der Waals surface area contributed by atoms with Gasteiger partial charge in [-0.3, -0.25) is 0 Å². The van der Waals surface area contributed by atoms with Crippen LogP contribution < -0.4 is 0 Å². The number of hydrogen-bond acceptors (Lipinski definition) is 7. The summed E-state index contributed by atoms with van der Waals surface area (Å²) in [4.78, 5) is 11.3. The van der Waals surface area contributed by atoms with Gasteiger partial charge in [-0.25, -0.2) is 9.18 Å². The average Bonchev–Trinajstić information content (AvgIpc) is 3.21. The first-order chi connectivity index (χ1) is 11.2. The summed E-state index contributed by atoms with van der Waals surface area (Å²) in [7, 11) is 1.28. The van der Waals surface area contributed by atoms with Crippen LogP contribution in [0, 0.1) is 5.82 Å². The number of carbonyl (C=O) groups excluding carboxylic acids is 1. The van der Waals surface area contributed by atoms with E-state index in [-0.39, 0.29) is 11.6 Å². The number of tetrazole rings is 1. The van der Waals surface area contributed by atoms with Crippen LogP contribution in [0.5, 0.6) is 0 Å². The van der Waals surface area contributed by atoms with Gasteiger partial charge in [0.2, 0.25) is 10.9 Å². The monoisotopic (exact) mass is 334 g/mol. The van der Waals surface area contributed by atoms with Crippen LogP contribution in [0.15, 0.2) is 46.0 Å². The molecule has 0 aliphatic carbocycles. The van der Waals surface area contributed by atoms with Crippen molar-refractivity contribution in [3.63, 3.8) is 0 Å². The third-order valence-corrected chi connectivity index (χ3v) is 3.83. The standard InChI is InChI=1S/C14H11FN4O3S/c1-21-13(20)12-6-5-11(22-12)8-23-14-16-17-18-19(14)10-4-2-3-9(15)7-10/h2-7H,8H2,1H3. The first-order valence-corrected chi connectivity index (χ1v) is 7.50. The number of nitrogens with zero attached hydrogens (tertiary/aromatic N) is 4. The minimum absolute atomic E-state index is 0.132. The number of furan rings is 1. The number of halogens is 1. The first kappa shape index (κ1) is 15.2. The molecule has 0 saturated heterocycles. The highest BCUT2D eigenvalue weighted by atomic mass is 32.2. The van der Waals surface area contributed by atoms with Crippen LogP contribution in [0.1, 0.15) is 16.3 Å². The van der Waals surface area contributed by atoms with E-state index in [0.29, 0.717) is 22.4 Å². The van der Waals surface area contributed by atoms with Crippen LogP contribution in [-0.2, 0) is 10.5 Å². The van der Waals surface area contributed by atoms with Gasteiger partial charge in [0.25, 0.3) is 0 Å². The fourth-order valence-corrected chi connectivity index (χ4v) is 2.63.